The van der Waals surface area contributed by atoms with Gasteiger partial charge in [0.25, 0.3) is 0 Å². The predicted molar refractivity (Wildman–Crippen MR) is 97.5 cm³/mol. The van der Waals surface area contributed by atoms with E-state index in [2.05, 4.69) is 26.6 Å². The number of nitrogens with one attached hydrogen (secondary N) is 2. The molecule has 1 aromatic rings. The van der Waals surface area contributed by atoms with Gasteiger partial charge in [-0.1, -0.05) is 28.9 Å². The van der Waals surface area contributed by atoms with E-state index >= 15 is 0 Å². The molecule has 1 aliphatic rings. The van der Waals surface area contributed by atoms with Crippen LogP contribution in [-0.4, -0.2) is 47.2 Å². The maximum Gasteiger partial charge on any atom is 0.319 e. The van der Waals surface area contributed by atoms with Crippen molar-refractivity contribution in [3.05, 3.63) is 27.7 Å². The zero-order chi connectivity index (χ0) is 17.9. The van der Waals surface area contributed by atoms with Gasteiger partial charge in [-0.3, -0.25) is 9.69 Å². The Labute approximate surface area is 150 Å². The van der Waals surface area contributed by atoms with Crippen LogP contribution in [0.2, 0.25) is 0 Å². The van der Waals surface area contributed by atoms with E-state index in [1.165, 1.54) is 0 Å². The highest BCUT2D eigenvalue weighted by Gasteiger charge is 2.34. The zero-order valence-corrected chi connectivity index (χ0v) is 15.8. The van der Waals surface area contributed by atoms with Gasteiger partial charge in [0.15, 0.2) is 0 Å². The van der Waals surface area contributed by atoms with Gasteiger partial charge >= 0.3 is 12.0 Å². The molecule has 2 amide bonds. The maximum absolute atomic E-state index is 12.1. The molecular formula is C17H24BrN3O3. The lowest BCUT2D eigenvalue weighted by atomic mass is 9.85. The van der Waals surface area contributed by atoms with E-state index in [1.54, 1.807) is 0 Å². The number of rotatable bonds is 6. The van der Waals surface area contributed by atoms with E-state index < -0.39 is 5.97 Å². The highest BCUT2D eigenvalue weighted by molar-refractivity contribution is 9.10. The first kappa shape index (κ1) is 18.7. The fourth-order valence-electron chi connectivity index (χ4n) is 2.98. The summed E-state index contributed by atoms with van der Waals surface area (Å²) >= 11 is 3.47. The van der Waals surface area contributed by atoms with E-state index in [4.69, 9.17) is 5.11 Å². The van der Waals surface area contributed by atoms with Gasteiger partial charge < -0.3 is 15.7 Å². The second-order valence-corrected chi connectivity index (χ2v) is 7.15. The SMILES string of the molecule is CCN(CC(=O)O)C1CC(NC(=O)Nc2cc(Br)c(C)cc2C)C1. The van der Waals surface area contributed by atoms with Crippen molar-refractivity contribution in [2.75, 3.05) is 18.4 Å². The minimum absolute atomic E-state index is 0.0523. The molecule has 1 saturated carbocycles. The number of amides is 2. The molecule has 1 aromatic carbocycles. The number of urea groups is 1. The van der Waals surface area contributed by atoms with Crippen LogP contribution < -0.4 is 10.6 Å². The zero-order valence-electron chi connectivity index (χ0n) is 14.2. The third kappa shape index (κ3) is 4.70. The molecular weight excluding hydrogens is 374 g/mol. The molecule has 24 heavy (non-hydrogen) atoms. The number of likely N-dealkylation sites (N-methyl/N-ethyl adjacent to an activating group) is 1. The average Bonchev–Trinajstić information content (AvgIpc) is 2.45. The predicted octanol–water partition coefficient (Wildman–Crippen LogP) is 3.12. The van der Waals surface area contributed by atoms with Crippen LogP contribution in [0.5, 0.6) is 0 Å². The van der Waals surface area contributed by atoms with Crippen LogP contribution in [0.1, 0.15) is 30.9 Å². The minimum atomic E-state index is -0.813. The first-order valence-corrected chi connectivity index (χ1v) is 8.89. The number of hydrogen-bond donors (Lipinski definition) is 3. The monoisotopic (exact) mass is 397 g/mol. The van der Waals surface area contributed by atoms with E-state index in [0.29, 0.717) is 6.54 Å². The van der Waals surface area contributed by atoms with Crippen molar-refractivity contribution in [3.63, 3.8) is 0 Å². The highest BCUT2D eigenvalue weighted by atomic mass is 79.9. The number of nitrogens with zero attached hydrogens (tertiary/aromatic N) is 1. The first-order valence-electron chi connectivity index (χ1n) is 8.10. The molecule has 0 aliphatic heterocycles. The first-order chi connectivity index (χ1) is 11.3. The number of aryl methyl sites for hydroxylation is 2. The summed E-state index contributed by atoms with van der Waals surface area (Å²) in [6.07, 6.45) is 1.57. The van der Waals surface area contributed by atoms with Crippen molar-refractivity contribution in [2.45, 2.75) is 45.7 Å². The molecule has 132 valence electrons. The lowest BCUT2D eigenvalue weighted by Gasteiger charge is -2.42. The topological polar surface area (TPSA) is 81.7 Å². The van der Waals surface area contributed by atoms with Crippen molar-refractivity contribution in [1.82, 2.24) is 10.2 Å². The second-order valence-electron chi connectivity index (χ2n) is 6.29. The van der Waals surface area contributed by atoms with E-state index in [-0.39, 0.29) is 24.7 Å². The van der Waals surface area contributed by atoms with Crippen LogP contribution in [0.15, 0.2) is 16.6 Å². The molecule has 1 aliphatic carbocycles. The van der Waals surface area contributed by atoms with Gasteiger partial charge in [-0.2, -0.15) is 0 Å². The van der Waals surface area contributed by atoms with Gasteiger partial charge in [0.1, 0.15) is 0 Å². The Morgan fingerprint density at radius 3 is 2.54 bits per heavy atom. The molecule has 0 unspecified atom stereocenters. The molecule has 3 N–H and O–H groups in total. The van der Waals surface area contributed by atoms with Crippen LogP contribution >= 0.6 is 15.9 Å². The number of aliphatic carboxylic acids is 1. The number of halogens is 1. The molecule has 0 saturated heterocycles. The number of carboxylic acids is 1. The van der Waals surface area contributed by atoms with Crippen LogP contribution in [0.4, 0.5) is 10.5 Å². The fraction of sp³-hybridized carbons (Fsp3) is 0.529. The lowest BCUT2D eigenvalue weighted by molar-refractivity contribution is -0.139. The standard InChI is InChI=1S/C17H24BrN3O3/c1-4-21(9-16(22)23)13-6-12(7-13)19-17(24)20-15-8-14(18)10(2)5-11(15)3/h5,8,12-13H,4,6-7,9H2,1-3H3,(H,22,23)(H2,19,20,24). The summed E-state index contributed by atoms with van der Waals surface area (Å²) in [5.74, 6) is -0.813. The van der Waals surface area contributed by atoms with Gasteiger partial charge in [-0.15, -0.1) is 0 Å². The smallest absolute Gasteiger partial charge is 0.319 e. The Kier molecular flexibility index (Phi) is 6.23. The molecule has 0 spiro atoms. The fourth-order valence-corrected chi connectivity index (χ4v) is 3.32. The van der Waals surface area contributed by atoms with Crippen LogP contribution in [0.3, 0.4) is 0 Å². The third-order valence-electron chi connectivity index (χ3n) is 4.46. The highest BCUT2D eigenvalue weighted by Crippen LogP contribution is 2.27. The molecule has 0 atom stereocenters. The molecule has 7 heteroatoms. The Hall–Kier alpha value is -1.60. The summed E-state index contributed by atoms with van der Waals surface area (Å²) in [5, 5.41) is 14.7. The second kappa shape index (κ2) is 7.98. The number of hydrogen-bond acceptors (Lipinski definition) is 3. The molecule has 6 nitrogen and oxygen atoms in total. The largest absolute Gasteiger partial charge is 0.480 e. The van der Waals surface area contributed by atoms with Gasteiger partial charge in [0.2, 0.25) is 0 Å². The molecule has 0 aromatic heterocycles. The quantitative estimate of drug-likeness (QED) is 0.688. The number of anilines is 1. The summed E-state index contributed by atoms with van der Waals surface area (Å²) in [5.41, 5.74) is 2.91. The van der Waals surface area contributed by atoms with Crippen LogP contribution in [-0.2, 0) is 4.79 Å². The summed E-state index contributed by atoms with van der Waals surface area (Å²) in [7, 11) is 0. The van der Waals surface area contributed by atoms with Gasteiger partial charge in [-0.05, 0) is 50.4 Å². The summed E-state index contributed by atoms with van der Waals surface area (Å²) in [6, 6.07) is 4.01. The third-order valence-corrected chi connectivity index (χ3v) is 5.32. The average molecular weight is 398 g/mol. The molecule has 0 radical (unpaired) electrons. The number of carbonyl (C=O) groups excluding carboxylic acids is 1. The Morgan fingerprint density at radius 2 is 1.96 bits per heavy atom. The maximum atomic E-state index is 12.1. The van der Waals surface area contributed by atoms with Gasteiger partial charge in [0.05, 0.1) is 6.54 Å². The Balaban J connectivity index is 1.83. The van der Waals surface area contributed by atoms with Gasteiger partial charge in [0, 0.05) is 22.2 Å². The van der Waals surface area contributed by atoms with Crippen molar-refractivity contribution < 1.29 is 14.7 Å². The summed E-state index contributed by atoms with van der Waals surface area (Å²) in [4.78, 5) is 24.9. The summed E-state index contributed by atoms with van der Waals surface area (Å²) in [6.45, 7) is 6.67. The van der Waals surface area contributed by atoms with Crippen molar-refractivity contribution in [1.29, 1.82) is 0 Å². The lowest BCUT2D eigenvalue weighted by Crippen LogP contribution is -2.55. The minimum Gasteiger partial charge on any atom is -0.480 e. The Bertz CT molecular complexity index is 630. The van der Waals surface area contributed by atoms with Crippen molar-refractivity contribution in [2.24, 2.45) is 0 Å². The van der Waals surface area contributed by atoms with Crippen molar-refractivity contribution >= 4 is 33.6 Å². The molecule has 1 fully saturated rings. The molecule has 0 heterocycles. The molecule has 0 bridgehead atoms. The molecule has 2 rings (SSSR count). The van der Waals surface area contributed by atoms with Crippen LogP contribution in [0, 0.1) is 13.8 Å². The van der Waals surface area contributed by atoms with E-state index in [9.17, 15) is 9.59 Å². The van der Waals surface area contributed by atoms with Gasteiger partial charge in [-0.25, -0.2) is 4.79 Å². The van der Waals surface area contributed by atoms with E-state index in [0.717, 1.165) is 34.1 Å². The van der Waals surface area contributed by atoms with E-state index in [1.807, 2.05) is 37.8 Å². The Morgan fingerprint density at radius 1 is 1.29 bits per heavy atom. The number of carboxylic acid groups (broad SMARTS) is 1. The normalized spacial score (nSPS) is 19.7. The number of benzene rings is 1. The number of carbonyl (C=O) groups is 2. The van der Waals surface area contributed by atoms with Crippen molar-refractivity contribution in [3.8, 4) is 0 Å². The van der Waals surface area contributed by atoms with Crippen LogP contribution in [0.25, 0.3) is 0 Å². The summed E-state index contributed by atoms with van der Waals surface area (Å²) < 4.78 is 0.958.